The van der Waals surface area contributed by atoms with Crippen LogP contribution in [0.1, 0.15) is 27.6 Å². The van der Waals surface area contributed by atoms with Gasteiger partial charge in [0.25, 0.3) is 0 Å². The molecule has 2 N–H and O–H groups in total. The Hall–Kier alpha value is -0.160. The van der Waals surface area contributed by atoms with Crippen molar-refractivity contribution in [3.8, 4) is 0 Å². The molecule has 2 rings (SSSR count). The molecule has 1 nitrogen and oxygen atoms in total. The topological polar surface area (TPSA) is 26.0 Å². The predicted molar refractivity (Wildman–Crippen MR) is 86.3 cm³/mol. The van der Waals surface area contributed by atoms with Crippen LogP contribution in [0.15, 0.2) is 32.5 Å². The number of benzene rings is 1. The molecule has 1 aromatic heterocycles. The second-order valence-corrected chi connectivity index (χ2v) is 7.77. The van der Waals surface area contributed by atoms with E-state index in [1.807, 2.05) is 0 Å². The Labute approximate surface area is 129 Å². The zero-order valence-electron chi connectivity index (χ0n) is 10.3. The SMILES string of the molecule is Cc1ccc(C)c(CC(N)c2cc(Br)c(Br)s2)c1. The van der Waals surface area contributed by atoms with Gasteiger partial charge in [-0.2, -0.15) is 0 Å². The van der Waals surface area contributed by atoms with Gasteiger partial charge in [-0.05, 0) is 69.3 Å². The maximum Gasteiger partial charge on any atom is 0.0843 e. The molecule has 0 aliphatic heterocycles. The molecule has 4 heteroatoms. The largest absolute Gasteiger partial charge is 0.323 e. The van der Waals surface area contributed by atoms with Crippen LogP contribution in [0.25, 0.3) is 0 Å². The molecule has 96 valence electrons. The number of hydrogen-bond donors (Lipinski definition) is 1. The number of hydrogen-bond acceptors (Lipinski definition) is 2. The van der Waals surface area contributed by atoms with E-state index in [1.54, 1.807) is 11.3 Å². The average molecular weight is 389 g/mol. The molecular formula is C14H15Br2NS. The highest BCUT2D eigenvalue weighted by Crippen LogP contribution is 2.35. The lowest BCUT2D eigenvalue weighted by molar-refractivity contribution is 0.732. The Balaban J connectivity index is 2.20. The van der Waals surface area contributed by atoms with Gasteiger partial charge in [-0.1, -0.05) is 23.8 Å². The Morgan fingerprint density at radius 3 is 2.56 bits per heavy atom. The van der Waals surface area contributed by atoms with E-state index in [0.29, 0.717) is 0 Å². The zero-order valence-corrected chi connectivity index (χ0v) is 14.3. The predicted octanol–water partition coefficient (Wildman–Crippen LogP) is 5.13. The Kier molecular flexibility index (Phi) is 4.64. The molecule has 0 bridgehead atoms. The molecule has 1 atom stereocenters. The van der Waals surface area contributed by atoms with Gasteiger partial charge in [0.05, 0.1) is 3.79 Å². The molecule has 0 saturated heterocycles. The van der Waals surface area contributed by atoms with Gasteiger partial charge in [0.1, 0.15) is 0 Å². The van der Waals surface area contributed by atoms with E-state index in [4.69, 9.17) is 5.73 Å². The van der Waals surface area contributed by atoms with E-state index in [0.717, 1.165) is 14.7 Å². The van der Waals surface area contributed by atoms with Gasteiger partial charge in [0, 0.05) is 15.4 Å². The first kappa shape index (κ1) is 14.3. The third-order valence-electron chi connectivity index (χ3n) is 2.97. The Bertz CT molecular complexity index is 543. The van der Waals surface area contributed by atoms with Gasteiger partial charge in [-0.25, -0.2) is 0 Å². The van der Waals surface area contributed by atoms with Crippen LogP contribution in [0.4, 0.5) is 0 Å². The fraction of sp³-hybridized carbons (Fsp3) is 0.286. The standard InChI is InChI=1S/C14H15Br2NS/c1-8-3-4-9(2)10(5-8)6-12(17)13-7-11(15)14(16)18-13/h3-5,7,12H,6,17H2,1-2H3. The Morgan fingerprint density at radius 2 is 1.94 bits per heavy atom. The number of halogens is 2. The van der Waals surface area contributed by atoms with Crippen LogP contribution in [0, 0.1) is 13.8 Å². The van der Waals surface area contributed by atoms with Crippen LogP contribution < -0.4 is 5.73 Å². The van der Waals surface area contributed by atoms with Crippen molar-refractivity contribution in [3.63, 3.8) is 0 Å². The number of thiophene rings is 1. The molecule has 0 fully saturated rings. The molecule has 1 heterocycles. The maximum absolute atomic E-state index is 6.30. The summed E-state index contributed by atoms with van der Waals surface area (Å²) < 4.78 is 2.19. The van der Waals surface area contributed by atoms with Gasteiger partial charge >= 0.3 is 0 Å². The minimum atomic E-state index is 0.0538. The Morgan fingerprint density at radius 1 is 1.22 bits per heavy atom. The van der Waals surface area contributed by atoms with E-state index in [1.165, 1.54) is 21.6 Å². The third kappa shape index (κ3) is 3.23. The zero-order chi connectivity index (χ0) is 13.3. The molecular weight excluding hydrogens is 374 g/mol. The van der Waals surface area contributed by atoms with Gasteiger partial charge in [0.15, 0.2) is 0 Å². The van der Waals surface area contributed by atoms with Crippen molar-refractivity contribution in [1.29, 1.82) is 0 Å². The van der Waals surface area contributed by atoms with Crippen molar-refractivity contribution in [1.82, 2.24) is 0 Å². The van der Waals surface area contributed by atoms with Gasteiger partial charge in [-0.3, -0.25) is 0 Å². The van der Waals surface area contributed by atoms with Crippen molar-refractivity contribution in [3.05, 3.63) is 54.1 Å². The minimum absolute atomic E-state index is 0.0538. The first-order chi connectivity index (χ1) is 8.47. The normalized spacial score (nSPS) is 12.7. The van der Waals surface area contributed by atoms with E-state index >= 15 is 0 Å². The molecule has 2 aromatic rings. The van der Waals surface area contributed by atoms with Crippen molar-refractivity contribution < 1.29 is 0 Å². The monoisotopic (exact) mass is 387 g/mol. The summed E-state index contributed by atoms with van der Waals surface area (Å²) in [7, 11) is 0. The fourth-order valence-corrected chi connectivity index (χ4v) is 3.99. The second kappa shape index (κ2) is 5.87. The van der Waals surface area contributed by atoms with Crippen LogP contribution in [-0.2, 0) is 6.42 Å². The lowest BCUT2D eigenvalue weighted by Gasteiger charge is -2.12. The summed E-state index contributed by atoms with van der Waals surface area (Å²) in [6.07, 6.45) is 0.882. The van der Waals surface area contributed by atoms with Gasteiger partial charge in [-0.15, -0.1) is 11.3 Å². The van der Waals surface area contributed by atoms with Crippen LogP contribution in [0.5, 0.6) is 0 Å². The summed E-state index contributed by atoms with van der Waals surface area (Å²) in [5.74, 6) is 0. The van der Waals surface area contributed by atoms with Gasteiger partial charge < -0.3 is 5.73 Å². The van der Waals surface area contributed by atoms with E-state index < -0.39 is 0 Å². The van der Waals surface area contributed by atoms with Crippen molar-refractivity contribution in [2.45, 2.75) is 26.3 Å². The smallest absolute Gasteiger partial charge is 0.0843 e. The fourth-order valence-electron chi connectivity index (χ4n) is 1.90. The van der Waals surface area contributed by atoms with Crippen molar-refractivity contribution in [2.24, 2.45) is 5.73 Å². The lowest BCUT2D eigenvalue weighted by atomic mass is 9.99. The quantitative estimate of drug-likeness (QED) is 0.774. The summed E-state index contributed by atoms with van der Waals surface area (Å²) in [6.45, 7) is 4.26. The highest BCUT2D eigenvalue weighted by Gasteiger charge is 2.13. The molecule has 0 aliphatic carbocycles. The average Bonchev–Trinajstić information content (AvgIpc) is 2.64. The summed E-state index contributed by atoms with van der Waals surface area (Å²) in [5, 5.41) is 0. The lowest BCUT2D eigenvalue weighted by Crippen LogP contribution is -2.12. The molecule has 0 saturated carbocycles. The van der Waals surface area contributed by atoms with Gasteiger partial charge in [0.2, 0.25) is 0 Å². The molecule has 0 aliphatic rings. The number of aryl methyl sites for hydroxylation is 2. The summed E-state index contributed by atoms with van der Waals surface area (Å²) in [6, 6.07) is 8.69. The minimum Gasteiger partial charge on any atom is -0.323 e. The summed E-state index contributed by atoms with van der Waals surface area (Å²) in [4.78, 5) is 1.20. The molecule has 0 spiro atoms. The maximum atomic E-state index is 6.30. The van der Waals surface area contributed by atoms with E-state index in [2.05, 4.69) is 70.0 Å². The highest BCUT2D eigenvalue weighted by molar-refractivity contribution is 9.13. The first-order valence-corrected chi connectivity index (χ1v) is 8.14. The van der Waals surface area contributed by atoms with E-state index in [-0.39, 0.29) is 6.04 Å². The third-order valence-corrected chi connectivity index (χ3v) is 6.36. The molecule has 0 amide bonds. The van der Waals surface area contributed by atoms with Crippen molar-refractivity contribution >= 4 is 43.2 Å². The molecule has 0 radical (unpaired) electrons. The van der Waals surface area contributed by atoms with Crippen LogP contribution in [-0.4, -0.2) is 0 Å². The van der Waals surface area contributed by atoms with Crippen LogP contribution in [0.2, 0.25) is 0 Å². The molecule has 1 aromatic carbocycles. The van der Waals surface area contributed by atoms with Crippen LogP contribution >= 0.6 is 43.2 Å². The highest BCUT2D eigenvalue weighted by atomic mass is 79.9. The summed E-state index contributed by atoms with van der Waals surface area (Å²) >= 11 is 8.71. The van der Waals surface area contributed by atoms with Crippen molar-refractivity contribution in [2.75, 3.05) is 0 Å². The summed E-state index contributed by atoms with van der Waals surface area (Å²) in [5.41, 5.74) is 10.2. The second-order valence-electron chi connectivity index (χ2n) is 4.51. The first-order valence-electron chi connectivity index (χ1n) is 5.74. The molecule has 1 unspecified atom stereocenters. The number of nitrogens with two attached hydrogens (primary N) is 1. The number of rotatable bonds is 3. The van der Waals surface area contributed by atoms with Crippen LogP contribution in [0.3, 0.4) is 0 Å². The van der Waals surface area contributed by atoms with E-state index in [9.17, 15) is 0 Å². The molecule has 18 heavy (non-hydrogen) atoms.